The number of hydrogen-bond acceptors (Lipinski definition) is 5. The zero-order valence-corrected chi connectivity index (χ0v) is 16.3. The molecule has 29 heavy (non-hydrogen) atoms. The first-order valence-electron chi connectivity index (χ1n) is 8.75. The third-order valence-electron chi connectivity index (χ3n) is 4.52. The molecule has 4 aromatic rings. The molecular formula is C20H16FN3O4S. The quantitative estimate of drug-likeness (QED) is 0.444. The molecule has 2 aromatic heterocycles. The molecule has 0 fully saturated rings. The zero-order valence-electron chi connectivity index (χ0n) is 15.5. The summed E-state index contributed by atoms with van der Waals surface area (Å²) in [5.74, 6) is -1.61. The molecule has 0 aliphatic heterocycles. The number of anilines is 1. The standard InChI is InChI=1S/C20H16FN3O4S/c1-9-16-12(21)4-3-5-15(16)29-17(9)19(26)28-10(2)18(25)22-11-6-7-13-14(8-11)24-20(27)23-13/h3-8,10H,1-2H3,(H,22,25)(H2,23,24,27)/t10-/m1/s1. The number of halogens is 1. The Bertz CT molecular complexity index is 1320. The fourth-order valence-corrected chi connectivity index (χ4v) is 4.18. The van der Waals surface area contributed by atoms with E-state index in [4.69, 9.17) is 4.74 Å². The van der Waals surface area contributed by atoms with Crippen LogP contribution in [-0.4, -0.2) is 27.9 Å². The highest BCUT2D eigenvalue weighted by molar-refractivity contribution is 7.21. The van der Waals surface area contributed by atoms with Gasteiger partial charge in [0.25, 0.3) is 5.91 Å². The first kappa shape index (κ1) is 18.9. The summed E-state index contributed by atoms with van der Waals surface area (Å²) in [4.78, 5) is 41.7. The molecule has 7 nitrogen and oxygen atoms in total. The molecule has 9 heteroatoms. The molecule has 0 bridgehead atoms. The molecule has 1 amide bonds. The Labute approximate surface area is 167 Å². The number of esters is 1. The minimum Gasteiger partial charge on any atom is -0.448 e. The highest BCUT2D eigenvalue weighted by Crippen LogP contribution is 2.33. The van der Waals surface area contributed by atoms with Crippen LogP contribution in [0.5, 0.6) is 0 Å². The number of hydrogen-bond donors (Lipinski definition) is 3. The lowest BCUT2D eigenvalue weighted by molar-refractivity contribution is -0.123. The van der Waals surface area contributed by atoms with E-state index in [1.807, 2.05) is 0 Å². The lowest BCUT2D eigenvalue weighted by Crippen LogP contribution is -2.29. The van der Waals surface area contributed by atoms with Crippen molar-refractivity contribution in [2.75, 3.05) is 5.32 Å². The maximum absolute atomic E-state index is 14.0. The largest absolute Gasteiger partial charge is 0.448 e. The second kappa shape index (κ2) is 7.17. The number of benzene rings is 2. The first-order chi connectivity index (χ1) is 13.8. The van der Waals surface area contributed by atoms with Crippen LogP contribution in [0.3, 0.4) is 0 Å². The number of aromatic nitrogens is 2. The summed E-state index contributed by atoms with van der Waals surface area (Å²) in [5.41, 5.74) is 1.74. The van der Waals surface area contributed by atoms with Gasteiger partial charge in [-0.2, -0.15) is 0 Å². The maximum atomic E-state index is 14.0. The van der Waals surface area contributed by atoms with Gasteiger partial charge in [-0.1, -0.05) is 6.07 Å². The number of thiophene rings is 1. The fraction of sp³-hybridized carbons (Fsp3) is 0.150. The topological polar surface area (TPSA) is 104 Å². The summed E-state index contributed by atoms with van der Waals surface area (Å²) >= 11 is 1.12. The third kappa shape index (κ3) is 3.52. The molecule has 0 aliphatic carbocycles. The summed E-state index contributed by atoms with van der Waals surface area (Å²) < 4.78 is 20.0. The van der Waals surface area contributed by atoms with Gasteiger partial charge < -0.3 is 20.0 Å². The van der Waals surface area contributed by atoms with E-state index in [0.29, 0.717) is 32.4 Å². The van der Waals surface area contributed by atoms with E-state index in [1.54, 1.807) is 37.3 Å². The third-order valence-corrected chi connectivity index (χ3v) is 5.76. The van der Waals surface area contributed by atoms with E-state index >= 15 is 0 Å². The summed E-state index contributed by atoms with van der Waals surface area (Å²) in [6.45, 7) is 3.10. The van der Waals surface area contributed by atoms with Crippen LogP contribution in [0.25, 0.3) is 21.1 Å². The number of aromatic amines is 2. The SMILES string of the molecule is Cc1c(C(=O)O[C@H](C)C(=O)Nc2ccc3[nH]c(=O)[nH]c3c2)sc2cccc(F)c12. The lowest BCUT2D eigenvalue weighted by Gasteiger charge is -2.13. The molecule has 4 rings (SSSR count). The highest BCUT2D eigenvalue weighted by Gasteiger charge is 2.23. The van der Waals surface area contributed by atoms with E-state index in [0.717, 1.165) is 11.3 Å². The van der Waals surface area contributed by atoms with Crippen molar-refractivity contribution in [1.82, 2.24) is 9.97 Å². The summed E-state index contributed by atoms with van der Waals surface area (Å²) in [6.07, 6.45) is -1.07. The number of carbonyl (C=O) groups excluding carboxylic acids is 2. The number of carbonyl (C=O) groups is 2. The number of rotatable bonds is 4. The van der Waals surface area contributed by atoms with E-state index in [1.165, 1.54) is 13.0 Å². The Morgan fingerprint density at radius 1 is 1.17 bits per heavy atom. The van der Waals surface area contributed by atoms with Gasteiger partial charge in [0.15, 0.2) is 6.10 Å². The molecule has 148 valence electrons. The number of imidazole rings is 1. The van der Waals surface area contributed by atoms with Gasteiger partial charge in [0.1, 0.15) is 10.7 Å². The smallest absolute Gasteiger partial charge is 0.349 e. The Morgan fingerprint density at radius 2 is 1.93 bits per heavy atom. The number of ether oxygens (including phenoxy) is 1. The Balaban J connectivity index is 1.49. The van der Waals surface area contributed by atoms with Crippen molar-refractivity contribution in [2.45, 2.75) is 20.0 Å². The average Bonchev–Trinajstić information content (AvgIpc) is 3.21. The van der Waals surface area contributed by atoms with E-state index in [-0.39, 0.29) is 10.6 Å². The molecule has 2 heterocycles. The van der Waals surface area contributed by atoms with Crippen LogP contribution in [0, 0.1) is 12.7 Å². The van der Waals surface area contributed by atoms with Crippen LogP contribution in [0.2, 0.25) is 0 Å². The normalized spacial score (nSPS) is 12.2. The molecule has 3 N–H and O–H groups in total. The second-order valence-electron chi connectivity index (χ2n) is 6.55. The Kier molecular flexibility index (Phi) is 4.67. The monoisotopic (exact) mass is 413 g/mol. The van der Waals surface area contributed by atoms with Crippen LogP contribution in [-0.2, 0) is 9.53 Å². The van der Waals surface area contributed by atoms with E-state index < -0.39 is 23.8 Å². The van der Waals surface area contributed by atoms with Crippen molar-refractivity contribution in [2.24, 2.45) is 0 Å². The van der Waals surface area contributed by atoms with Gasteiger partial charge in [-0.05, 0) is 49.7 Å². The summed E-state index contributed by atoms with van der Waals surface area (Å²) in [6, 6.07) is 9.50. The molecule has 0 unspecified atom stereocenters. The Hall–Kier alpha value is -3.46. The molecule has 0 radical (unpaired) electrons. The van der Waals surface area contributed by atoms with Gasteiger partial charge in [0, 0.05) is 15.8 Å². The minimum absolute atomic E-state index is 0.260. The molecule has 2 aromatic carbocycles. The predicted octanol–water partition coefficient (Wildman–Crippen LogP) is 3.70. The van der Waals surface area contributed by atoms with Crippen molar-refractivity contribution in [1.29, 1.82) is 0 Å². The lowest BCUT2D eigenvalue weighted by atomic mass is 10.1. The summed E-state index contributed by atoms with van der Waals surface area (Å²) in [7, 11) is 0. The van der Waals surface area contributed by atoms with Crippen molar-refractivity contribution in [3.05, 3.63) is 63.1 Å². The van der Waals surface area contributed by atoms with E-state index in [2.05, 4.69) is 15.3 Å². The van der Waals surface area contributed by atoms with Crippen LogP contribution >= 0.6 is 11.3 Å². The van der Waals surface area contributed by atoms with Gasteiger partial charge in [0.05, 0.1) is 11.0 Å². The number of aryl methyl sites for hydroxylation is 1. The number of H-pyrrole nitrogens is 2. The van der Waals surface area contributed by atoms with Gasteiger partial charge in [-0.3, -0.25) is 4.79 Å². The van der Waals surface area contributed by atoms with Gasteiger partial charge in [-0.25, -0.2) is 14.0 Å². The van der Waals surface area contributed by atoms with Gasteiger partial charge >= 0.3 is 11.7 Å². The Morgan fingerprint density at radius 3 is 2.69 bits per heavy atom. The zero-order chi connectivity index (χ0) is 20.7. The first-order valence-corrected chi connectivity index (χ1v) is 9.56. The van der Waals surface area contributed by atoms with E-state index in [9.17, 15) is 18.8 Å². The van der Waals surface area contributed by atoms with Crippen molar-refractivity contribution in [3.8, 4) is 0 Å². The average molecular weight is 413 g/mol. The molecule has 1 atom stereocenters. The molecule has 0 saturated heterocycles. The summed E-state index contributed by atoms with van der Waals surface area (Å²) in [5, 5.41) is 3.03. The molecular weight excluding hydrogens is 397 g/mol. The van der Waals surface area contributed by atoms with Crippen LogP contribution in [0.15, 0.2) is 41.2 Å². The molecule has 0 aliphatic rings. The van der Waals surface area contributed by atoms with Crippen molar-refractivity contribution < 1.29 is 18.7 Å². The van der Waals surface area contributed by atoms with Crippen LogP contribution < -0.4 is 11.0 Å². The number of nitrogens with one attached hydrogen (secondary N) is 3. The molecule has 0 saturated carbocycles. The van der Waals surface area contributed by atoms with Gasteiger partial charge in [0.2, 0.25) is 0 Å². The number of fused-ring (bicyclic) bond motifs is 2. The van der Waals surface area contributed by atoms with Crippen LogP contribution in [0.4, 0.5) is 10.1 Å². The predicted molar refractivity (Wildman–Crippen MR) is 109 cm³/mol. The second-order valence-corrected chi connectivity index (χ2v) is 7.60. The van der Waals surface area contributed by atoms with Crippen LogP contribution in [0.1, 0.15) is 22.2 Å². The highest BCUT2D eigenvalue weighted by atomic mass is 32.1. The minimum atomic E-state index is -1.07. The van der Waals surface area contributed by atoms with Gasteiger partial charge in [-0.15, -0.1) is 11.3 Å². The maximum Gasteiger partial charge on any atom is 0.349 e. The number of amides is 1. The van der Waals surface area contributed by atoms with Crippen molar-refractivity contribution >= 4 is 50.0 Å². The molecule has 0 spiro atoms. The van der Waals surface area contributed by atoms with Crippen molar-refractivity contribution in [3.63, 3.8) is 0 Å². The fourth-order valence-electron chi connectivity index (χ4n) is 3.07.